The van der Waals surface area contributed by atoms with Gasteiger partial charge in [0.15, 0.2) is 5.65 Å². The molecule has 0 fully saturated rings. The predicted molar refractivity (Wildman–Crippen MR) is 93.6 cm³/mol. The van der Waals surface area contributed by atoms with Crippen LogP contribution in [0.15, 0.2) is 66.9 Å². The molecule has 0 aliphatic heterocycles. The van der Waals surface area contributed by atoms with Crippen molar-refractivity contribution < 1.29 is 0 Å². The first-order valence-corrected chi connectivity index (χ1v) is 7.78. The second-order valence-electron chi connectivity index (χ2n) is 5.37. The van der Waals surface area contributed by atoms with Crippen molar-refractivity contribution in [3.05, 3.63) is 77.6 Å². The first-order chi connectivity index (χ1) is 11.3. The Morgan fingerprint density at radius 3 is 2.43 bits per heavy atom. The summed E-state index contributed by atoms with van der Waals surface area (Å²) in [4.78, 5) is 4.55. The van der Waals surface area contributed by atoms with Gasteiger partial charge in [-0.3, -0.25) is 0 Å². The summed E-state index contributed by atoms with van der Waals surface area (Å²) < 4.78 is 1.87. The second kappa shape index (κ2) is 5.52. The van der Waals surface area contributed by atoms with Crippen molar-refractivity contribution in [2.75, 3.05) is 0 Å². The van der Waals surface area contributed by atoms with E-state index in [4.69, 9.17) is 16.7 Å². The fraction of sp³-hybridized carbons (Fsp3) is 0.0526. The fourth-order valence-corrected chi connectivity index (χ4v) is 3.10. The van der Waals surface area contributed by atoms with Gasteiger partial charge in [0.2, 0.25) is 0 Å². The van der Waals surface area contributed by atoms with E-state index in [0.717, 1.165) is 33.7 Å². The SMILES string of the molecule is Cc1nn2c(-c3ccccc3Cl)ccnc2c1-c1ccccc1. The standard InChI is InChI=1S/C19H14ClN3/c1-13-18(14-7-3-2-4-8-14)19-21-12-11-17(23(19)22-13)15-9-5-6-10-16(15)20/h2-12H,1H3. The summed E-state index contributed by atoms with van der Waals surface area (Å²) in [5.41, 5.74) is 5.84. The Morgan fingerprint density at radius 2 is 1.65 bits per heavy atom. The van der Waals surface area contributed by atoms with E-state index in [2.05, 4.69) is 17.1 Å². The molecule has 0 radical (unpaired) electrons. The molecule has 4 aromatic rings. The number of rotatable bonds is 2. The van der Waals surface area contributed by atoms with E-state index in [0.29, 0.717) is 5.02 Å². The molecule has 0 unspecified atom stereocenters. The lowest BCUT2D eigenvalue weighted by molar-refractivity contribution is 0.925. The highest BCUT2D eigenvalue weighted by Crippen LogP contribution is 2.32. The van der Waals surface area contributed by atoms with Crippen LogP contribution in [0.25, 0.3) is 28.0 Å². The van der Waals surface area contributed by atoms with E-state index in [9.17, 15) is 0 Å². The molecule has 0 bridgehead atoms. The molecule has 0 saturated carbocycles. The van der Waals surface area contributed by atoms with Crippen LogP contribution in [0.2, 0.25) is 5.02 Å². The van der Waals surface area contributed by atoms with Gasteiger partial charge < -0.3 is 0 Å². The lowest BCUT2D eigenvalue weighted by Gasteiger charge is -2.07. The fourth-order valence-electron chi connectivity index (χ4n) is 2.87. The molecule has 2 aromatic carbocycles. The summed E-state index contributed by atoms with van der Waals surface area (Å²) in [7, 11) is 0. The van der Waals surface area contributed by atoms with Crippen molar-refractivity contribution in [2.45, 2.75) is 6.92 Å². The molecule has 0 saturated heterocycles. The molecule has 3 nitrogen and oxygen atoms in total. The number of fused-ring (bicyclic) bond motifs is 1. The molecule has 0 N–H and O–H groups in total. The summed E-state index contributed by atoms with van der Waals surface area (Å²) in [6, 6.07) is 19.9. The highest BCUT2D eigenvalue weighted by atomic mass is 35.5. The maximum absolute atomic E-state index is 6.36. The zero-order valence-electron chi connectivity index (χ0n) is 12.6. The first kappa shape index (κ1) is 14.0. The van der Waals surface area contributed by atoms with Crippen LogP contribution in [0.5, 0.6) is 0 Å². The molecule has 0 amide bonds. The lowest BCUT2D eigenvalue weighted by Crippen LogP contribution is -1.96. The summed E-state index contributed by atoms with van der Waals surface area (Å²) >= 11 is 6.36. The first-order valence-electron chi connectivity index (χ1n) is 7.40. The largest absolute Gasteiger partial charge is 0.236 e. The Bertz CT molecular complexity index is 990. The van der Waals surface area contributed by atoms with Crippen molar-refractivity contribution in [3.63, 3.8) is 0 Å². The van der Waals surface area contributed by atoms with E-state index in [1.807, 2.05) is 66.2 Å². The van der Waals surface area contributed by atoms with Crippen molar-refractivity contribution in [1.82, 2.24) is 14.6 Å². The number of aryl methyl sites for hydroxylation is 1. The quantitative estimate of drug-likeness (QED) is 0.519. The van der Waals surface area contributed by atoms with E-state index in [1.165, 1.54) is 0 Å². The number of benzene rings is 2. The Kier molecular flexibility index (Phi) is 3.36. The molecule has 4 rings (SSSR count). The smallest absolute Gasteiger partial charge is 0.163 e. The number of hydrogen-bond acceptors (Lipinski definition) is 2. The Hall–Kier alpha value is -2.65. The van der Waals surface area contributed by atoms with Gasteiger partial charge in [-0.1, -0.05) is 60.1 Å². The van der Waals surface area contributed by atoms with Gasteiger partial charge in [0.1, 0.15) is 0 Å². The summed E-state index contributed by atoms with van der Waals surface area (Å²) in [6.45, 7) is 2.01. The molecule has 0 spiro atoms. The third-order valence-corrected chi connectivity index (χ3v) is 4.24. The van der Waals surface area contributed by atoms with Gasteiger partial charge in [-0.25, -0.2) is 9.50 Å². The average molecular weight is 320 g/mol. The van der Waals surface area contributed by atoms with Crippen LogP contribution >= 0.6 is 11.6 Å². The van der Waals surface area contributed by atoms with E-state index >= 15 is 0 Å². The molecular weight excluding hydrogens is 306 g/mol. The normalized spacial score (nSPS) is 11.0. The number of halogens is 1. The third kappa shape index (κ3) is 2.30. The second-order valence-corrected chi connectivity index (χ2v) is 5.78. The van der Waals surface area contributed by atoms with Crippen LogP contribution < -0.4 is 0 Å². The van der Waals surface area contributed by atoms with Crippen LogP contribution in [0.4, 0.5) is 0 Å². The minimum Gasteiger partial charge on any atom is -0.236 e. The number of nitrogens with zero attached hydrogens (tertiary/aromatic N) is 3. The summed E-state index contributed by atoms with van der Waals surface area (Å²) in [5, 5.41) is 5.41. The monoisotopic (exact) mass is 319 g/mol. The van der Waals surface area contributed by atoms with Crippen LogP contribution in [0.1, 0.15) is 5.69 Å². The molecule has 4 heteroatoms. The highest BCUT2D eigenvalue weighted by molar-refractivity contribution is 6.33. The van der Waals surface area contributed by atoms with Crippen molar-refractivity contribution >= 4 is 17.2 Å². The minimum absolute atomic E-state index is 0.703. The summed E-state index contributed by atoms with van der Waals surface area (Å²) in [5.74, 6) is 0. The van der Waals surface area contributed by atoms with E-state index in [1.54, 1.807) is 0 Å². The van der Waals surface area contributed by atoms with Crippen LogP contribution in [0, 0.1) is 6.92 Å². The van der Waals surface area contributed by atoms with Gasteiger partial charge >= 0.3 is 0 Å². The van der Waals surface area contributed by atoms with Crippen LogP contribution in [-0.2, 0) is 0 Å². The predicted octanol–water partition coefficient (Wildman–Crippen LogP) is 5.03. The summed E-state index contributed by atoms with van der Waals surface area (Å²) in [6.07, 6.45) is 1.81. The number of aromatic nitrogens is 3. The Labute approximate surface area is 139 Å². The number of hydrogen-bond donors (Lipinski definition) is 0. The zero-order chi connectivity index (χ0) is 15.8. The van der Waals surface area contributed by atoms with Gasteiger partial charge in [-0.15, -0.1) is 0 Å². The molecule has 23 heavy (non-hydrogen) atoms. The zero-order valence-corrected chi connectivity index (χ0v) is 13.3. The van der Waals surface area contributed by atoms with Gasteiger partial charge in [0, 0.05) is 22.3 Å². The van der Waals surface area contributed by atoms with E-state index < -0.39 is 0 Å². The molecule has 0 aliphatic carbocycles. The molecule has 2 heterocycles. The van der Waals surface area contributed by atoms with Crippen LogP contribution in [-0.4, -0.2) is 14.6 Å². The lowest BCUT2D eigenvalue weighted by atomic mass is 10.1. The average Bonchev–Trinajstić information content (AvgIpc) is 2.92. The maximum atomic E-state index is 6.36. The molecular formula is C19H14ClN3. The molecule has 2 aromatic heterocycles. The van der Waals surface area contributed by atoms with E-state index in [-0.39, 0.29) is 0 Å². The van der Waals surface area contributed by atoms with Gasteiger partial charge in [-0.2, -0.15) is 5.10 Å². The molecule has 0 aliphatic rings. The molecule has 112 valence electrons. The van der Waals surface area contributed by atoms with Gasteiger partial charge in [-0.05, 0) is 24.6 Å². The maximum Gasteiger partial charge on any atom is 0.163 e. The van der Waals surface area contributed by atoms with Crippen molar-refractivity contribution in [3.8, 4) is 22.4 Å². The van der Waals surface area contributed by atoms with Gasteiger partial charge in [0.05, 0.1) is 11.4 Å². The van der Waals surface area contributed by atoms with Gasteiger partial charge in [0.25, 0.3) is 0 Å². The Balaban J connectivity index is 2.02. The van der Waals surface area contributed by atoms with Crippen molar-refractivity contribution in [1.29, 1.82) is 0 Å². The van der Waals surface area contributed by atoms with Crippen molar-refractivity contribution in [2.24, 2.45) is 0 Å². The third-order valence-electron chi connectivity index (χ3n) is 3.91. The highest BCUT2D eigenvalue weighted by Gasteiger charge is 2.16. The topological polar surface area (TPSA) is 30.2 Å². The molecule has 0 atom stereocenters. The van der Waals surface area contributed by atoms with Crippen LogP contribution in [0.3, 0.4) is 0 Å². The minimum atomic E-state index is 0.703. The Morgan fingerprint density at radius 1 is 0.913 bits per heavy atom.